The van der Waals surface area contributed by atoms with E-state index in [1.807, 2.05) is 13.2 Å². The first-order chi connectivity index (χ1) is 13.5. The minimum atomic E-state index is -0.560. The van der Waals surface area contributed by atoms with Gasteiger partial charge in [-0.25, -0.2) is 0 Å². The minimum absolute atomic E-state index is 0.0187. The topological polar surface area (TPSA) is 94.4 Å². The monoisotopic (exact) mass is 395 g/mol. The number of carbonyl (C=O) groups is 1. The number of carbonyl (C=O) groups excluding carboxylic acids is 1. The van der Waals surface area contributed by atoms with Crippen molar-refractivity contribution in [2.24, 2.45) is 0 Å². The molecule has 0 radical (unpaired) electrons. The average molecular weight is 395 g/mol. The highest BCUT2D eigenvalue weighted by Crippen LogP contribution is 2.29. The van der Waals surface area contributed by atoms with Gasteiger partial charge in [0.05, 0.1) is 11.1 Å². The Labute approximate surface area is 165 Å². The lowest BCUT2D eigenvalue weighted by atomic mass is 10.1. The van der Waals surface area contributed by atoms with Crippen LogP contribution in [-0.2, 0) is 0 Å². The summed E-state index contributed by atoms with van der Waals surface area (Å²) in [5.41, 5.74) is 1.10. The van der Waals surface area contributed by atoms with Crippen molar-refractivity contribution >= 4 is 29.0 Å². The molecule has 0 atom stereocenters. The number of hydrogen-bond acceptors (Lipinski definition) is 6. The first-order valence-corrected chi connectivity index (χ1v) is 9.52. The van der Waals surface area contributed by atoms with E-state index in [0.29, 0.717) is 17.2 Å². The number of benzene rings is 2. The van der Waals surface area contributed by atoms with Crippen molar-refractivity contribution < 1.29 is 14.5 Å². The van der Waals surface area contributed by atoms with Gasteiger partial charge >= 0.3 is 0 Å². The highest BCUT2D eigenvalue weighted by atomic mass is 32.2. The van der Waals surface area contributed by atoms with E-state index in [4.69, 9.17) is 4.74 Å². The van der Waals surface area contributed by atoms with Crippen LogP contribution in [0.3, 0.4) is 0 Å². The number of ether oxygens (including phenoxy) is 1. The van der Waals surface area contributed by atoms with E-state index in [-0.39, 0.29) is 11.3 Å². The zero-order chi connectivity index (χ0) is 20.1. The van der Waals surface area contributed by atoms with Gasteiger partial charge in [0.1, 0.15) is 17.1 Å². The van der Waals surface area contributed by atoms with Crippen LogP contribution in [-0.4, -0.2) is 22.1 Å². The summed E-state index contributed by atoms with van der Waals surface area (Å²) in [6, 6.07) is 13.2. The minimum Gasteiger partial charge on any atom is -0.455 e. The molecule has 142 valence electrons. The van der Waals surface area contributed by atoms with Crippen LogP contribution in [0.15, 0.2) is 65.8 Å². The van der Waals surface area contributed by atoms with Crippen LogP contribution in [0, 0.1) is 17.0 Å². The van der Waals surface area contributed by atoms with E-state index in [1.165, 1.54) is 23.9 Å². The number of pyridine rings is 1. The lowest BCUT2D eigenvalue weighted by Crippen LogP contribution is -2.14. The number of aryl methyl sites for hydroxylation is 1. The summed E-state index contributed by atoms with van der Waals surface area (Å²) in [5, 5.41) is 14.0. The van der Waals surface area contributed by atoms with Crippen LogP contribution in [0.5, 0.6) is 11.5 Å². The number of thioether (sulfide) groups is 1. The van der Waals surface area contributed by atoms with Gasteiger partial charge in [0.15, 0.2) is 0 Å². The molecule has 0 saturated heterocycles. The van der Waals surface area contributed by atoms with Crippen LogP contribution >= 0.6 is 11.8 Å². The third kappa shape index (κ3) is 4.47. The van der Waals surface area contributed by atoms with Gasteiger partial charge in [0.25, 0.3) is 11.6 Å². The molecule has 3 aromatic rings. The quantitative estimate of drug-likeness (QED) is 0.356. The van der Waals surface area contributed by atoms with Gasteiger partial charge in [-0.3, -0.25) is 19.9 Å². The molecule has 1 N–H and O–H groups in total. The number of amides is 1. The second-order valence-corrected chi connectivity index (χ2v) is 6.75. The zero-order valence-corrected chi connectivity index (χ0v) is 16.0. The van der Waals surface area contributed by atoms with Gasteiger partial charge in [-0.15, -0.1) is 11.8 Å². The number of anilines is 1. The first-order valence-electron chi connectivity index (χ1n) is 8.30. The van der Waals surface area contributed by atoms with Crippen LogP contribution in [0.2, 0.25) is 0 Å². The second-order valence-electron chi connectivity index (χ2n) is 5.87. The average Bonchev–Trinajstić information content (AvgIpc) is 2.70. The Morgan fingerprint density at radius 3 is 2.68 bits per heavy atom. The highest BCUT2D eigenvalue weighted by Gasteiger charge is 2.21. The number of aromatic nitrogens is 1. The van der Waals surface area contributed by atoms with Crippen LogP contribution in [0.4, 0.5) is 11.4 Å². The van der Waals surface area contributed by atoms with E-state index in [2.05, 4.69) is 10.3 Å². The fourth-order valence-corrected chi connectivity index (χ4v) is 3.00. The maximum atomic E-state index is 12.6. The van der Waals surface area contributed by atoms with E-state index in [0.717, 1.165) is 10.5 Å². The molecule has 1 aromatic heterocycles. The molecule has 8 heteroatoms. The molecule has 0 fully saturated rings. The number of rotatable bonds is 6. The highest BCUT2D eigenvalue weighted by molar-refractivity contribution is 7.98. The predicted octanol–water partition coefficient (Wildman–Crippen LogP) is 5.06. The normalized spacial score (nSPS) is 10.4. The van der Waals surface area contributed by atoms with Gasteiger partial charge in [0.2, 0.25) is 0 Å². The Bertz CT molecular complexity index is 1030. The molecule has 0 aliphatic heterocycles. The van der Waals surface area contributed by atoms with Gasteiger partial charge < -0.3 is 10.1 Å². The predicted molar refractivity (Wildman–Crippen MR) is 108 cm³/mol. The summed E-state index contributed by atoms with van der Waals surface area (Å²) in [5.74, 6) is 0.691. The maximum Gasteiger partial charge on any atom is 0.282 e. The number of nitro benzene ring substituents is 1. The van der Waals surface area contributed by atoms with Crippen molar-refractivity contribution in [1.29, 1.82) is 0 Å². The van der Waals surface area contributed by atoms with Crippen molar-refractivity contribution in [2.75, 3.05) is 11.6 Å². The van der Waals surface area contributed by atoms with E-state index >= 15 is 0 Å². The van der Waals surface area contributed by atoms with Crippen molar-refractivity contribution in [2.45, 2.75) is 11.8 Å². The lowest BCUT2D eigenvalue weighted by Gasteiger charge is -2.11. The molecule has 0 unspecified atom stereocenters. The summed E-state index contributed by atoms with van der Waals surface area (Å²) >= 11 is 1.41. The smallest absolute Gasteiger partial charge is 0.282 e. The Morgan fingerprint density at radius 2 is 2.04 bits per heavy atom. The summed E-state index contributed by atoms with van der Waals surface area (Å²) in [6.07, 6.45) is 5.10. The molecular formula is C20H17N3O4S. The summed E-state index contributed by atoms with van der Waals surface area (Å²) in [7, 11) is 0. The van der Waals surface area contributed by atoms with Crippen LogP contribution in [0.1, 0.15) is 15.9 Å². The van der Waals surface area contributed by atoms with Gasteiger partial charge in [-0.1, -0.05) is 0 Å². The number of nitrogens with one attached hydrogen (secondary N) is 1. The molecule has 1 heterocycles. The van der Waals surface area contributed by atoms with Crippen molar-refractivity contribution in [3.05, 3.63) is 82.2 Å². The largest absolute Gasteiger partial charge is 0.455 e. The third-order valence-electron chi connectivity index (χ3n) is 3.94. The summed E-state index contributed by atoms with van der Waals surface area (Å²) < 4.78 is 5.77. The van der Waals surface area contributed by atoms with Crippen LogP contribution < -0.4 is 10.1 Å². The Kier molecular flexibility index (Phi) is 5.90. The molecule has 28 heavy (non-hydrogen) atoms. The molecule has 0 aliphatic rings. The molecular weight excluding hydrogens is 378 g/mol. The lowest BCUT2D eigenvalue weighted by molar-refractivity contribution is -0.385. The SMILES string of the molecule is CSc1ccc([N+](=O)[O-])c(C(=O)Nc2ccc(Oc3cccnc3)c(C)c2)c1. The van der Waals surface area contributed by atoms with E-state index < -0.39 is 10.8 Å². The number of nitrogens with zero attached hydrogens (tertiary/aromatic N) is 2. The van der Waals surface area contributed by atoms with Crippen molar-refractivity contribution in [3.8, 4) is 11.5 Å². The maximum absolute atomic E-state index is 12.6. The number of hydrogen-bond donors (Lipinski definition) is 1. The molecule has 3 rings (SSSR count). The Balaban J connectivity index is 1.81. The molecule has 0 spiro atoms. The van der Waals surface area contributed by atoms with Gasteiger partial charge in [0, 0.05) is 22.8 Å². The Hall–Kier alpha value is -3.39. The van der Waals surface area contributed by atoms with E-state index in [1.54, 1.807) is 48.8 Å². The molecule has 0 bridgehead atoms. The fourth-order valence-electron chi connectivity index (χ4n) is 2.56. The first kappa shape index (κ1) is 19.4. The van der Waals surface area contributed by atoms with Gasteiger partial charge in [-0.05, 0) is 61.2 Å². The Morgan fingerprint density at radius 1 is 1.21 bits per heavy atom. The number of nitro groups is 1. The zero-order valence-electron chi connectivity index (χ0n) is 15.2. The standard InChI is InChI=1S/C20H17N3O4S/c1-13-10-14(5-8-19(13)27-15-4-3-9-21-12-15)22-20(24)17-11-16(28-2)6-7-18(17)23(25)26/h3-12H,1-2H3,(H,22,24). The second kappa shape index (κ2) is 8.53. The summed E-state index contributed by atoms with van der Waals surface area (Å²) in [4.78, 5) is 28.1. The van der Waals surface area contributed by atoms with Crippen LogP contribution in [0.25, 0.3) is 0 Å². The van der Waals surface area contributed by atoms with Crippen molar-refractivity contribution in [1.82, 2.24) is 4.98 Å². The van der Waals surface area contributed by atoms with Crippen molar-refractivity contribution in [3.63, 3.8) is 0 Å². The molecule has 0 saturated carbocycles. The molecule has 7 nitrogen and oxygen atoms in total. The van der Waals surface area contributed by atoms with Gasteiger partial charge in [-0.2, -0.15) is 0 Å². The molecule has 0 aliphatic carbocycles. The fraction of sp³-hybridized carbons (Fsp3) is 0.100. The third-order valence-corrected chi connectivity index (χ3v) is 4.67. The molecule has 2 aromatic carbocycles. The van der Waals surface area contributed by atoms with E-state index in [9.17, 15) is 14.9 Å². The molecule has 1 amide bonds. The summed E-state index contributed by atoms with van der Waals surface area (Å²) in [6.45, 7) is 1.85.